The van der Waals surface area contributed by atoms with Crippen LogP contribution in [0.1, 0.15) is 35.2 Å². The molecular formula is C30H31F2N5O3. The van der Waals surface area contributed by atoms with E-state index >= 15 is 0 Å². The summed E-state index contributed by atoms with van der Waals surface area (Å²) >= 11 is 0. The molecule has 5 rings (SSSR count). The van der Waals surface area contributed by atoms with E-state index in [9.17, 15) is 23.2 Å². The second kappa shape index (κ2) is 12.1. The van der Waals surface area contributed by atoms with Crippen molar-refractivity contribution in [3.63, 3.8) is 0 Å². The number of nitrogens with one attached hydrogen (secondary N) is 3. The van der Waals surface area contributed by atoms with Crippen molar-refractivity contribution in [2.24, 2.45) is 5.92 Å². The highest BCUT2D eigenvalue weighted by Gasteiger charge is 2.30. The Bertz CT molecular complexity index is 1390. The van der Waals surface area contributed by atoms with Crippen molar-refractivity contribution in [2.45, 2.75) is 25.8 Å². The average Bonchev–Trinajstić information content (AvgIpc) is 3.82. The maximum atomic E-state index is 14.0. The molecule has 1 heterocycles. The number of para-hydroxylation sites is 1. The molecule has 3 N–H and O–H groups in total. The number of carbonyl (C=O) groups excluding carboxylic acids is 3. The van der Waals surface area contributed by atoms with Gasteiger partial charge in [-0.1, -0.05) is 24.3 Å². The number of hydrogen-bond acceptors (Lipinski definition) is 4. The fourth-order valence-electron chi connectivity index (χ4n) is 4.66. The third kappa shape index (κ3) is 6.74. The zero-order valence-electron chi connectivity index (χ0n) is 22.0. The van der Waals surface area contributed by atoms with E-state index < -0.39 is 5.82 Å². The van der Waals surface area contributed by atoms with Gasteiger partial charge in [-0.3, -0.25) is 9.59 Å². The zero-order valence-corrected chi connectivity index (χ0v) is 22.0. The molecule has 0 spiro atoms. The lowest BCUT2D eigenvalue weighted by Gasteiger charge is -2.26. The van der Waals surface area contributed by atoms with Crippen molar-refractivity contribution in [1.29, 1.82) is 0 Å². The topological polar surface area (TPSA) is 93.8 Å². The summed E-state index contributed by atoms with van der Waals surface area (Å²) in [5.74, 6) is -1.23. The fourth-order valence-corrected chi connectivity index (χ4v) is 4.66. The highest BCUT2D eigenvalue weighted by atomic mass is 19.1. The van der Waals surface area contributed by atoms with Crippen LogP contribution in [0.4, 0.5) is 30.6 Å². The number of nitrogens with zero attached hydrogens (tertiary/aromatic N) is 2. The molecule has 1 aliphatic heterocycles. The Morgan fingerprint density at radius 2 is 1.62 bits per heavy atom. The minimum absolute atomic E-state index is 0.0162. The Balaban J connectivity index is 1.31. The minimum Gasteiger partial charge on any atom is -0.369 e. The number of urea groups is 1. The van der Waals surface area contributed by atoms with Gasteiger partial charge in [0.2, 0.25) is 5.91 Å². The van der Waals surface area contributed by atoms with Crippen LogP contribution in [0, 0.1) is 17.6 Å². The monoisotopic (exact) mass is 547 g/mol. The van der Waals surface area contributed by atoms with Crippen LogP contribution in [-0.4, -0.2) is 48.9 Å². The summed E-state index contributed by atoms with van der Waals surface area (Å²) in [4.78, 5) is 42.3. The minimum atomic E-state index is -0.502. The summed E-state index contributed by atoms with van der Waals surface area (Å²) in [6, 6.07) is 16.8. The molecule has 0 atom stereocenters. The molecule has 1 saturated carbocycles. The van der Waals surface area contributed by atoms with Gasteiger partial charge in [0, 0.05) is 50.0 Å². The number of anilines is 3. The van der Waals surface area contributed by atoms with Gasteiger partial charge in [0.25, 0.3) is 5.91 Å². The lowest BCUT2D eigenvalue weighted by molar-refractivity contribution is -0.117. The summed E-state index contributed by atoms with van der Waals surface area (Å²) in [5, 5.41) is 8.43. The van der Waals surface area contributed by atoms with Crippen LogP contribution in [0.2, 0.25) is 0 Å². The number of carbonyl (C=O) groups is 3. The van der Waals surface area contributed by atoms with E-state index in [2.05, 4.69) is 16.0 Å². The van der Waals surface area contributed by atoms with Crippen LogP contribution >= 0.6 is 0 Å². The molecule has 8 nitrogen and oxygen atoms in total. The highest BCUT2D eigenvalue weighted by Crippen LogP contribution is 2.31. The van der Waals surface area contributed by atoms with E-state index in [0.29, 0.717) is 49.5 Å². The van der Waals surface area contributed by atoms with Gasteiger partial charge < -0.3 is 25.8 Å². The van der Waals surface area contributed by atoms with Crippen LogP contribution in [-0.2, 0) is 11.3 Å². The lowest BCUT2D eigenvalue weighted by atomic mass is 10.1. The molecule has 0 radical (unpaired) electrons. The summed E-state index contributed by atoms with van der Waals surface area (Å²) < 4.78 is 27.3. The van der Waals surface area contributed by atoms with Gasteiger partial charge in [-0.2, -0.15) is 0 Å². The smallest absolute Gasteiger partial charge is 0.321 e. The quantitative estimate of drug-likeness (QED) is 0.389. The second-order valence-electron chi connectivity index (χ2n) is 10.0. The molecular weight excluding hydrogens is 516 g/mol. The third-order valence-electron chi connectivity index (χ3n) is 7.06. The van der Waals surface area contributed by atoms with Crippen LogP contribution in [0.25, 0.3) is 0 Å². The van der Waals surface area contributed by atoms with Gasteiger partial charge in [0.15, 0.2) is 0 Å². The summed E-state index contributed by atoms with van der Waals surface area (Å²) in [6.07, 6.45) is 2.37. The first-order chi connectivity index (χ1) is 19.4. The molecule has 40 heavy (non-hydrogen) atoms. The zero-order chi connectivity index (χ0) is 28.1. The third-order valence-corrected chi connectivity index (χ3v) is 7.06. The maximum absolute atomic E-state index is 14.0. The standard InChI is InChI=1S/C30H31F2N5O3/c31-22-10-6-20(7-11-22)19-33-29(39)24-18-23(34-28(38)21-8-9-21)12-13-27(24)36-14-3-15-37(17-16-36)30(40)35-26-5-2-1-4-25(26)32/h1-2,4-7,10-13,18,21H,3,8-9,14-17,19H2,(H,33,39)(H,34,38)(H,35,40). The van der Waals surface area contributed by atoms with Crippen molar-refractivity contribution in [1.82, 2.24) is 10.2 Å². The Morgan fingerprint density at radius 1 is 0.850 bits per heavy atom. The van der Waals surface area contributed by atoms with Crippen molar-refractivity contribution < 1.29 is 23.2 Å². The Kier molecular flexibility index (Phi) is 8.23. The number of amides is 4. The summed E-state index contributed by atoms with van der Waals surface area (Å²) in [7, 11) is 0. The van der Waals surface area contributed by atoms with E-state index in [-0.39, 0.29) is 41.8 Å². The second-order valence-corrected chi connectivity index (χ2v) is 10.0. The normalized spacial score (nSPS) is 15.2. The highest BCUT2D eigenvalue weighted by molar-refractivity contribution is 6.02. The predicted molar refractivity (Wildman–Crippen MR) is 149 cm³/mol. The molecule has 4 amide bonds. The van der Waals surface area contributed by atoms with Gasteiger partial charge in [-0.25, -0.2) is 13.6 Å². The van der Waals surface area contributed by atoms with Crippen LogP contribution in [0.3, 0.4) is 0 Å². The molecule has 10 heteroatoms. The van der Waals surface area contributed by atoms with E-state index in [1.807, 2.05) is 11.0 Å². The molecule has 2 fully saturated rings. The van der Waals surface area contributed by atoms with E-state index in [4.69, 9.17) is 0 Å². The maximum Gasteiger partial charge on any atom is 0.321 e. The Labute approximate surface area is 231 Å². The van der Waals surface area contributed by atoms with Gasteiger partial charge in [0.1, 0.15) is 11.6 Å². The first-order valence-electron chi connectivity index (χ1n) is 13.4. The average molecular weight is 548 g/mol. The van der Waals surface area contributed by atoms with Crippen LogP contribution in [0.5, 0.6) is 0 Å². The van der Waals surface area contributed by atoms with E-state index in [0.717, 1.165) is 18.4 Å². The van der Waals surface area contributed by atoms with Gasteiger partial charge in [-0.05, 0) is 67.3 Å². The van der Waals surface area contributed by atoms with E-state index in [1.165, 1.54) is 24.3 Å². The van der Waals surface area contributed by atoms with Crippen molar-refractivity contribution in [3.8, 4) is 0 Å². The number of halogens is 2. The molecule has 208 valence electrons. The fraction of sp³-hybridized carbons (Fsp3) is 0.300. The number of benzene rings is 3. The predicted octanol–water partition coefficient (Wildman–Crippen LogP) is 4.99. The first kappa shape index (κ1) is 27.1. The SMILES string of the molecule is O=C(NCc1ccc(F)cc1)c1cc(NC(=O)C2CC2)ccc1N1CCCN(C(=O)Nc2ccccc2F)CC1. The molecule has 0 aromatic heterocycles. The largest absolute Gasteiger partial charge is 0.369 e. The number of hydrogen-bond donors (Lipinski definition) is 3. The van der Waals surface area contributed by atoms with Gasteiger partial charge in [0.05, 0.1) is 11.3 Å². The van der Waals surface area contributed by atoms with Gasteiger partial charge >= 0.3 is 6.03 Å². The Morgan fingerprint density at radius 3 is 2.38 bits per heavy atom. The Hall–Kier alpha value is -4.47. The number of rotatable bonds is 7. The van der Waals surface area contributed by atoms with Gasteiger partial charge in [-0.15, -0.1) is 0 Å². The molecule has 2 aliphatic rings. The molecule has 0 bridgehead atoms. The van der Waals surface area contributed by atoms with Crippen LogP contribution < -0.4 is 20.9 Å². The van der Waals surface area contributed by atoms with Crippen molar-refractivity contribution in [2.75, 3.05) is 41.7 Å². The lowest BCUT2D eigenvalue weighted by Crippen LogP contribution is -2.38. The first-order valence-corrected chi connectivity index (χ1v) is 13.4. The van der Waals surface area contributed by atoms with E-state index in [1.54, 1.807) is 41.3 Å². The summed E-state index contributed by atoms with van der Waals surface area (Å²) in [5.41, 5.74) is 2.48. The summed E-state index contributed by atoms with van der Waals surface area (Å²) in [6.45, 7) is 2.10. The van der Waals surface area contributed by atoms with Crippen molar-refractivity contribution in [3.05, 3.63) is 89.5 Å². The molecule has 1 aliphatic carbocycles. The molecule has 0 unspecified atom stereocenters. The molecule has 1 saturated heterocycles. The molecule has 3 aromatic rings. The van der Waals surface area contributed by atoms with Crippen LogP contribution in [0.15, 0.2) is 66.7 Å². The molecule has 3 aromatic carbocycles. The van der Waals surface area contributed by atoms with Crippen molar-refractivity contribution >= 4 is 34.9 Å².